The number of hydrogen-bond acceptors (Lipinski definition) is 13. The smallest absolute Gasteiger partial charge is 0.340 e. The number of rotatable bonds is 15. The highest BCUT2D eigenvalue weighted by Crippen LogP contribution is 2.57. The maximum Gasteiger partial charge on any atom is 0.340 e. The molecule has 276 valence electrons. The van der Waals surface area contributed by atoms with Gasteiger partial charge in [0.05, 0.1) is 47.9 Å². The van der Waals surface area contributed by atoms with Gasteiger partial charge in [-0.05, 0) is 42.5 Å². The lowest BCUT2D eigenvalue weighted by atomic mass is 9.77. The maximum atomic E-state index is 13.6. The normalized spacial score (nSPS) is 13.2. The molecule has 2 heterocycles. The van der Waals surface area contributed by atoms with Crippen LogP contribution in [0.3, 0.4) is 0 Å². The molecule has 6 rings (SSSR count). The molecule has 0 aliphatic carbocycles. The Bertz CT molecular complexity index is 2030. The maximum absolute atomic E-state index is 13.6. The van der Waals surface area contributed by atoms with Crippen molar-refractivity contribution in [3.63, 3.8) is 0 Å². The summed E-state index contributed by atoms with van der Waals surface area (Å²) in [5.41, 5.74) is 2.51. The molecule has 16 heteroatoms. The Hall–Kier alpha value is -6.26. The molecule has 2 aliphatic rings. The number of ether oxygens (including phenoxy) is 4. The highest BCUT2D eigenvalue weighted by Gasteiger charge is 2.53. The summed E-state index contributed by atoms with van der Waals surface area (Å²) in [4.78, 5) is 51.4. The van der Waals surface area contributed by atoms with Gasteiger partial charge in [0.25, 0.3) is 17.3 Å². The zero-order valence-corrected chi connectivity index (χ0v) is 29.5. The fourth-order valence-corrected chi connectivity index (χ4v) is 6.26. The summed E-state index contributed by atoms with van der Waals surface area (Å²) in [5.74, 6) is 0.202. The molecule has 0 saturated carbocycles. The molecule has 0 aromatic heterocycles. The van der Waals surface area contributed by atoms with Gasteiger partial charge in [-0.25, -0.2) is 4.79 Å². The van der Waals surface area contributed by atoms with E-state index >= 15 is 0 Å². The van der Waals surface area contributed by atoms with Crippen LogP contribution in [0.5, 0.6) is 11.5 Å². The molecule has 0 fully saturated rings. The first-order valence-electron chi connectivity index (χ1n) is 16.7. The number of amides is 1. The molecule has 0 saturated heterocycles. The number of carbonyl (C=O) groups is 2. The van der Waals surface area contributed by atoms with Gasteiger partial charge in [-0.15, -0.1) is 0 Å². The number of nitrogens with one attached hydrogen (secondary N) is 2. The number of benzene rings is 4. The molecule has 0 unspecified atom stereocenters. The Kier molecular flexibility index (Phi) is 10.4. The fraction of sp³-hybridized carbons (Fsp3) is 0.297. The van der Waals surface area contributed by atoms with Crippen LogP contribution in [0.25, 0.3) is 0 Å². The Labute approximate surface area is 304 Å². The summed E-state index contributed by atoms with van der Waals surface area (Å²) in [5, 5.41) is 27.8. The van der Waals surface area contributed by atoms with Crippen molar-refractivity contribution >= 4 is 40.3 Å². The Morgan fingerprint density at radius 2 is 1.36 bits per heavy atom. The van der Waals surface area contributed by atoms with Gasteiger partial charge in [0.1, 0.15) is 17.2 Å². The van der Waals surface area contributed by atoms with Crippen molar-refractivity contribution in [1.82, 2.24) is 5.32 Å². The average molecular weight is 727 g/mol. The molecule has 16 nitrogen and oxygen atoms in total. The van der Waals surface area contributed by atoms with E-state index in [0.29, 0.717) is 33.8 Å². The van der Waals surface area contributed by atoms with Gasteiger partial charge in [0.15, 0.2) is 5.60 Å². The van der Waals surface area contributed by atoms with Crippen LogP contribution >= 0.6 is 0 Å². The monoisotopic (exact) mass is 726 g/mol. The summed E-state index contributed by atoms with van der Waals surface area (Å²) in [6.45, 7) is 1.31. The number of nitro groups is 2. The minimum absolute atomic E-state index is 0.146. The molecule has 4 aromatic rings. The molecular weight excluding hydrogens is 688 g/mol. The van der Waals surface area contributed by atoms with E-state index in [9.17, 15) is 29.8 Å². The standard InChI is InChI=1S/C37H38N6O10/c1-40(2)24-6-10-29-33(21-24)52-34-22-25(41(3)4)7-11-30(34)37(29)28-9-5-23(19-27(28)36(45)53-37)35(44)39-14-16-51-18-17-50-15-13-38-31-12-8-26(42(46)47)20-32(31)43(48)49/h5-12,19-22,38H,13-18H2,1-4H3,(H,39,44). The molecule has 2 N–H and O–H groups in total. The Balaban J connectivity index is 1.04. The van der Waals surface area contributed by atoms with Crippen molar-refractivity contribution in [2.45, 2.75) is 5.60 Å². The largest absolute Gasteiger partial charge is 0.456 e. The first kappa shape index (κ1) is 36.5. The third kappa shape index (κ3) is 7.27. The van der Waals surface area contributed by atoms with Crippen LogP contribution in [-0.4, -0.2) is 89.4 Å². The predicted molar refractivity (Wildman–Crippen MR) is 196 cm³/mol. The lowest BCUT2D eigenvalue weighted by Gasteiger charge is -2.37. The molecule has 0 atom stereocenters. The first-order chi connectivity index (χ1) is 25.4. The zero-order chi connectivity index (χ0) is 37.9. The molecule has 4 aromatic carbocycles. The van der Waals surface area contributed by atoms with Crippen molar-refractivity contribution in [2.24, 2.45) is 0 Å². The highest BCUT2D eigenvalue weighted by atomic mass is 16.6. The Morgan fingerprint density at radius 3 is 1.94 bits per heavy atom. The Morgan fingerprint density at radius 1 is 0.755 bits per heavy atom. The molecular formula is C37H38N6O10. The highest BCUT2D eigenvalue weighted by molar-refractivity contribution is 6.01. The van der Waals surface area contributed by atoms with Crippen molar-refractivity contribution in [3.05, 3.63) is 121 Å². The topological polar surface area (TPSA) is 188 Å². The second-order valence-electron chi connectivity index (χ2n) is 12.7. The van der Waals surface area contributed by atoms with E-state index in [4.69, 9.17) is 18.9 Å². The van der Waals surface area contributed by atoms with Gasteiger partial charge in [-0.1, -0.05) is 6.07 Å². The molecule has 53 heavy (non-hydrogen) atoms. The number of fused-ring (bicyclic) bond motifs is 6. The number of anilines is 3. The van der Waals surface area contributed by atoms with Crippen molar-refractivity contribution in [1.29, 1.82) is 0 Å². The minimum Gasteiger partial charge on any atom is -0.456 e. The summed E-state index contributed by atoms with van der Waals surface area (Å²) in [7, 11) is 7.74. The molecule has 1 amide bonds. The molecule has 1 spiro atoms. The summed E-state index contributed by atoms with van der Waals surface area (Å²) in [6, 6.07) is 19.9. The average Bonchev–Trinajstić information content (AvgIpc) is 3.42. The molecule has 0 radical (unpaired) electrons. The lowest BCUT2D eigenvalue weighted by molar-refractivity contribution is -0.393. The van der Waals surface area contributed by atoms with Gasteiger partial charge >= 0.3 is 5.97 Å². The number of esters is 1. The fourth-order valence-electron chi connectivity index (χ4n) is 6.26. The van der Waals surface area contributed by atoms with Crippen LogP contribution in [-0.2, 0) is 19.8 Å². The summed E-state index contributed by atoms with van der Waals surface area (Å²) >= 11 is 0. The van der Waals surface area contributed by atoms with Crippen LogP contribution in [0.15, 0.2) is 72.8 Å². The lowest BCUT2D eigenvalue weighted by Crippen LogP contribution is -2.33. The minimum atomic E-state index is -1.27. The van der Waals surface area contributed by atoms with Crippen LogP contribution in [0, 0.1) is 20.2 Å². The second-order valence-corrected chi connectivity index (χ2v) is 12.7. The first-order valence-corrected chi connectivity index (χ1v) is 16.7. The van der Waals surface area contributed by atoms with Crippen LogP contribution < -0.4 is 25.2 Å². The van der Waals surface area contributed by atoms with Gasteiger partial charge in [0.2, 0.25) is 0 Å². The predicted octanol–water partition coefficient (Wildman–Crippen LogP) is 5.08. The van der Waals surface area contributed by atoms with Gasteiger partial charge in [-0.3, -0.25) is 25.0 Å². The second kappa shape index (κ2) is 15.1. The SMILES string of the molecule is CN(C)c1ccc2c(c1)Oc1cc(N(C)C)ccc1C21OC(=O)c2cc(C(=O)NCCOCCOCCNc3ccc([N+](=O)[O-])cc3[N+](=O)[O-])ccc21. The van der Waals surface area contributed by atoms with Crippen LogP contribution in [0.1, 0.15) is 37.4 Å². The van der Waals surface area contributed by atoms with E-state index in [1.165, 1.54) is 12.1 Å². The van der Waals surface area contributed by atoms with E-state index in [1.807, 2.05) is 74.4 Å². The number of nitro benzene ring substituents is 2. The van der Waals surface area contributed by atoms with E-state index in [2.05, 4.69) is 10.6 Å². The van der Waals surface area contributed by atoms with Crippen LogP contribution in [0.2, 0.25) is 0 Å². The quantitative estimate of drug-likeness (QED) is 0.0715. The van der Waals surface area contributed by atoms with Gasteiger partial charge in [0, 0.05) is 93.1 Å². The third-order valence-corrected chi connectivity index (χ3v) is 8.92. The summed E-state index contributed by atoms with van der Waals surface area (Å²) in [6.07, 6.45) is 0. The van der Waals surface area contributed by atoms with Gasteiger partial charge in [-0.2, -0.15) is 0 Å². The van der Waals surface area contributed by atoms with Crippen molar-refractivity contribution in [2.75, 3.05) is 82.8 Å². The molecule has 0 bridgehead atoms. The van der Waals surface area contributed by atoms with Gasteiger partial charge < -0.3 is 39.4 Å². The van der Waals surface area contributed by atoms with E-state index in [-0.39, 0.29) is 62.4 Å². The number of hydrogen-bond donors (Lipinski definition) is 2. The zero-order valence-electron chi connectivity index (χ0n) is 29.5. The van der Waals surface area contributed by atoms with Crippen molar-refractivity contribution in [3.8, 4) is 11.5 Å². The third-order valence-electron chi connectivity index (χ3n) is 8.92. The summed E-state index contributed by atoms with van der Waals surface area (Å²) < 4.78 is 23.7. The van der Waals surface area contributed by atoms with Crippen LogP contribution in [0.4, 0.5) is 28.4 Å². The van der Waals surface area contributed by atoms with E-state index < -0.39 is 27.1 Å². The number of nitrogens with zero attached hydrogens (tertiary/aromatic N) is 4. The number of non-ortho nitro benzene ring substituents is 1. The van der Waals surface area contributed by atoms with E-state index in [0.717, 1.165) is 17.4 Å². The van der Waals surface area contributed by atoms with E-state index in [1.54, 1.807) is 18.2 Å². The van der Waals surface area contributed by atoms with Crippen molar-refractivity contribution < 1.29 is 38.4 Å². The number of carbonyl (C=O) groups excluding carboxylic acids is 2. The molecule has 2 aliphatic heterocycles.